The number of imidazole rings is 1. The first-order valence-corrected chi connectivity index (χ1v) is 10.7. The van der Waals surface area contributed by atoms with Crippen molar-refractivity contribution in [3.05, 3.63) is 47.5 Å². The second-order valence-electron chi connectivity index (χ2n) is 6.23. The Morgan fingerprint density at radius 3 is 2.73 bits per heavy atom. The number of carbonyl (C=O) groups is 1. The molecule has 1 aliphatic rings. The molecule has 7 nitrogen and oxygen atoms in total. The normalized spacial score (nSPS) is 16.0. The van der Waals surface area contributed by atoms with Crippen molar-refractivity contribution in [2.45, 2.75) is 30.2 Å². The van der Waals surface area contributed by atoms with E-state index < -0.39 is 10.0 Å². The smallest absolute Gasteiger partial charge is 0.240 e. The SMILES string of the molecule is O=C(CCNS(=O)(=O)c1cccc(Br)c1)N1CCC(n2ccnc2)CC1. The Balaban J connectivity index is 1.46. The number of halogens is 1. The van der Waals surface area contributed by atoms with Crippen LogP contribution in [-0.2, 0) is 14.8 Å². The van der Waals surface area contributed by atoms with Crippen LogP contribution in [0.2, 0.25) is 0 Å². The number of carbonyl (C=O) groups excluding carboxylic acids is 1. The highest BCUT2D eigenvalue weighted by molar-refractivity contribution is 9.10. The fraction of sp³-hybridized carbons (Fsp3) is 0.412. The van der Waals surface area contributed by atoms with E-state index in [4.69, 9.17) is 0 Å². The molecule has 0 radical (unpaired) electrons. The lowest BCUT2D eigenvalue weighted by atomic mass is 10.0. The Labute approximate surface area is 161 Å². The quantitative estimate of drug-likeness (QED) is 0.745. The van der Waals surface area contributed by atoms with E-state index in [0.717, 1.165) is 12.8 Å². The Hall–Kier alpha value is -1.71. The Morgan fingerprint density at radius 1 is 1.31 bits per heavy atom. The van der Waals surface area contributed by atoms with Gasteiger partial charge in [0.25, 0.3) is 0 Å². The first-order chi connectivity index (χ1) is 12.5. The van der Waals surface area contributed by atoms with E-state index in [1.807, 2.05) is 6.20 Å². The summed E-state index contributed by atoms with van der Waals surface area (Å²) in [6, 6.07) is 6.85. The van der Waals surface area contributed by atoms with Crippen LogP contribution in [0, 0.1) is 0 Å². The molecule has 0 unspecified atom stereocenters. The highest BCUT2D eigenvalue weighted by atomic mass is 79.9. The van der Waals surface area contributed by atoms with Gasteiger partial charge in [-0.15, -0.1) is 0 Å². The van der Waals surface area contributed by atoms with Crippen LogP contribution in [0.1, 0.15) is 25.3 Å². The van der Waals surface area contributed by atoms with Gasteiger partial charge < -0.3 is 9.47 Å². The minimum Gasteiger partial charge on any atom is -0.343 e. The van der Waals surface area contributed by atoms with Crippen LogP contribution >= 0.6 is 15.9 Å². The van der Waals surface area contributed by atoms with Crippen LogP contribution in [0.3, 0.4) is 0 Å². The second kappa shape index (κ2) is 8.32. The summed E-state index contributed by atoms with van der Waals surface area (Å²) < 4.78 is 29.8. The zero-order valence-corrected chi connectivity index (χ0v) is 16.6. The summed E-state index contributed by atoms with van der Waals surface area (Å²) in [5.41, 5.74) is 0. The van der Waals surface area contributed by atoms with Crippen molar-refractivity contribution in [3.8, 4) is 0 Å². The Bertz CT molecular complexity index is 847. The van der Waals surface area contributed by atoms with Crippen molar-refractivity contribution in [1.82, 2.24) is 19.2 Å². The van der Waals surface area contributed by atoms with Crippen LogP contribution in [0.15, 0.2) is 52.4 Å². The summed E-state index contributed by atoms with van der Waals surface area (Å²) >= 11 is 3.26. The number of sulfonamides is 1. The van der Waals surface area contributed by atoms with E-state index in [9.17, 15) is 13.2 Å². The second-order valence-corrected chi connectivity index (χ2v) is 8.91. The monoisotopic (exact) mass is 440 g/mol. The minimum absolute atomic E-state index is 0.0222. The highest BCUT2D eigenvalue weighted by Crippen LogP contribution is 2.22. The number of nitrogens with zero attached hydrogens (tertiary/aromatic N) is 3. The molecule has 1 aliphatic heterocycles. The number of rotatable bonds is 6. The van der Waals surface area contributed by atoms with Crippen LogP contribution in [0.5, 0.6) is 0 Å². The molecule has 1 N–H and O–H groups in total. The molecular formula is C17H21BrN4O3S. The van der Waals surface area contributed by atoms with Crippen molar-refractivity contribution in [2.75, 3.05) is 19.6 Å². The van der Waals surface area contributed by atoms with E-state index in [-0.39, 0.29) is 23.8 Å². The molecule has 140 valence electrons. The fourth-order valence-corrected chi connectivity index (χ4v) is 4.69. The van der Waals surface area contributed by atoms with Gasteiger partial charge in [-0.3, -0.25) is 4.79 Å². The predicted octanol–water partition coefficient (Wildman–Crippen LogP) is 2.18. The van der Waals surface area contributed by atoms with Gasteiger partial charge in [-0.05, 0) is 31.0 Å². The number of nitrogens with one attached hydrogen (secondary N) is 1. The lowest BCUT2D eigenvalue weighted by Crippen LogP contribution is -2.40. The topological polar surface area (TPSA) is 84.3 Å². The van der Waals surface area contributed by atoms with E-state index in [1.165, 1.54) is 12.1 Å². The third kappa shape index (κ3) is 4.72. The number of piperidine rings is 1. The summed E-state index contributed by atoms with van der Waals surface area (Å²) in [6.45, 7) is 1.45. The molecule has 3 rings (SSSR count). The molecule has 0 spiro atoms. The molecule has 0 aliphatic carbocycles. The Kier molecular flexibility index (Phi) is 6.10. The summed E-state index contributed by atoms with van der Waals surface area (Å²) in [4.78, 5) is 18.4. The van der Waals surface area contributed by atoms with Crippen molar-refractivity contribution in [2.24, 2.45) is 0 Å². The summed E-state index contributed by atoms with van der Waals surface area (Å²) in [6.07, 6.45) is 7.42. The highest BCUT2D eigenvalue weighted by Gasteiger charge is 2.23. The molecule has 1 amide bonds. The molecule has 0 saturated carbocycles. The lowest BCUT2D eigenvalue weighted by molar-refractivity contribution is -0.132. The first kappa shape index (κ1) is 19.1. The molecule has 1 fully saturated rings. The number of aromatic nitrogens is 2. The Morgan fingerprint density at radius 2 is 2.08 bits per heavy atom. The van der Waals surface area contributed by atoms with E-state index in [1.54, 1.807) is 29.6 Å². The van der Waals surface area contributed by atoms with Crippen molar-refractivity contribution >= 4 is 31.9 Å². The maximum Gasteiger partial charge on any atom is 0.240 e. The molecule has 26 heavy (non-hydrogen) atoms. The number of hydrogen-bond donors (Lipinski definition) is 1. The van der Waals surface area contributed by atoms with Gasteiger partial charge in [0, 0.05) is 49.0 Å². The maximum atomic E-state index is 12.3. The summed E-state index contributed by atoms with van der Waals surface area (Å²) in [5.74, 6) is -0.0222. The zero-order valence-electron chi connectivity index (χ0n) is 14.2. The number of hydrogen-bond acceptors (Lipinski definition) is 4. The average Bonchev–Trinajstić information content (AvgIpc) is 3.16. The number of likely N-dealkylation sites (tertiary alicyclic amines) is 1. The lowest BCUT2D eigenvalue weighted by Gasteiger charge is -2.32. The van der Waals surface area contributed by atoms with Gasteiger partial charge in [-0.25, -0.2) is 18.1 Å². The summed E-state index contributed by atoms with van der Waals surface area (Å²) in [5, 5.41) is 0. The molecule has 0 atom stereocenters. The van der Waals surface area contributed by atoms with Crippen molar-refractivity contribution in [1.29, 1.82) is 0 Å². The number of benzene rings is 1. The summed E-state index contributed by atoms with van der Waals surface area (Å²) in [7, 11) is -3.61. The van der Waals surface area contributed by atoms with Crippen LogP contribution in [0.4, 0.5) is 0 Å². The van der Waals surface area contributed by atoms with Gasteiger partial charge >= 0.3 is 0 Å². The molecule has 2 heterocycles. The third-order valence-electron chi connectivity index (χ3n) is 4.50. The van der Waals surface area contributed by atoms with Gasteiger partial charge in [-0.1, -0.05) is 22.0 Å². The largest absolute Gasteiger partial charge is 0.343 e. The molecule has 2 aromatic rings. The third-order valence-corrected chi connectivity index (χ3v) is 6.45. The van der Waals surface area contributed by atoms with E-state index in [0.29, 0.717) is 23.6 Å². The molecule has 1 aromatic carbocycles. The maximum absolute atomic E-state index is 12.3. The van der Waals surface area contributed by atoms with E-state index >= 15 is 0 Å². The molecular weight excluding hydrogens is 420 g/mol. The van der Waals surface area contributed by atoms with Gasteiger partial charge in [0.05, 0.1) is 11.2 Å². The molecule has 1 saturated heterocycles. The van der Waals surface area contributed by atoms with Crippen LogP contribution in [-0.4, -0.2) is 48.4 Å². The zero-order chi connectivity index (χ0) is 18.6. The van der Waals surface area contributed by atoms with Gasteiger partial charge in [0.15, 0.2) is 0 Å². The van der Waals surface area contributed by atoms with Crippen LogP contribution < -0.4 is 4.72 Å². The fourth-order valence-electron chi connectivity index (χ4n) is 3.07. The van der Waals surface area contributed by atoms with Crippen LogP contribution in [0.25, 0.3) is 0 Å². The van der Waals surface area contributed by atoms with Crippen molar-refractivity contribution in [3.63, 3.8) is 0 Å². The van der Waals surface area contributed by atoms with E-state index in [2.05, 4.69) is 30.2 Å². The van der Waals surface area contributed by atoms with Crippen molar-refractivity contribution < 1.29 is 13.2 Å². The van der Waals surface area contributed by atoms with Gasteiger partial charge in [0.2, 0.25) is 15.9 Å². The van der Waals surface area contributed by atoms with Gasteiger partial charge in [-0.2, -0.15) is 0 Å². The van der Waals surface area contributed by atoms with Gasteiger partial charge in [0.1, 0.15) is 0 Å². The first-order valence-electron chi connectivity index (χ1n) is 8.46. The molecule has 0 bridgehead atoms. The standard InChI is InChI=1S/C17H21BrN4O3S/c18-14-2-1-3-16(12-14)26(24,25)20-7-4-17(23)21-9-5-15(6-10-21)22-11-8-19-13-22/h1-3,8,11-13,15,20H,4-7,9-10H2. The average molecular weight is 441 g/mol. The minimum atomic E-state index is -3.61. The molecule has 9 heteroatoms. The molecule has 1 aromatic heterocycles. The predicted molar refractivity (Wildman–Crippen MR) is 101 cm³/mol. The number of amides is 1.